The minimum atomic E-state index is -0.369. The molecule has 0 saturated carbocycles. The van der Waals surface area contributed by atoms with Crippen molar-refractivity contribution in [1.29, 1.82) is 0 Å². The second-order valence-electron chi connectivity index (χ2n) is 3.92. The fourth-order valence-electron chi connectivity index (χ4n) is 1.50. The van der Waals surface area contributed by atoms with Crippen molar-refractivity contribution >= 4 is 24.1 Å². The molecule has 106 valence electrons. The van der Waals surface area contributed by atoms with Crippen molar-refractivity contribution in [3.63, 3.8) is 0 Å². The smallest absolute Gasteiger partial charge is 0.330 e. The van der Waals surface area contributed by atoms with Gasteiger partial charge in [-0.1, -0.05) is 30.3 Å². The molecule has 0 aromatic heterocycles. The monoisotopic (exact) mass is 274 g/mol. The van der Waals surface area contributed by atoms with Gasteiger partial charge in [-0.05, 0) is 30.2 Å². The molecule has 0 amide bonds. The molecule has 4 nitrogen and oxygen atoms in total. The van der Waals surface area contributed by atoms with E-state index in [2.05, 4.69) is 0 Å². The average molecular weight is 274 g/mol. The minimum absolute atomic E-state index is 0.227. The third-order valence-corrected chi connectivity index (χ3v) is 2.36. The van der Waals surface area contributed by atoms with E-state index in [-0.39, 0.29) is 18.5 Å². The number of carbonyl (C=O) groups is 2. The molecule has 20 heavy (non-hydrogen) atoms. The molecule has 0 atom stereocenters. The number of hydrogen-bond donors (Lipinski definition) is 0. The van der Waals surface area contributed by atoms with Gasteiger partial charge in [0, 0.05) is 13.0 Å². The zero-order valence-corrected chi connectivity index (χ0v) is 11.7. The molecule has 0 saturated heterocycles. The molecule has 0 unspecified atom stereocenters. The molecular weight excluding hydrogens is 256 g/mol. The van der Waals surface area contributed by atoms with Gasteiger partial charge in [-0.3, -0.25) is 4.79 Å². The summed E-state index contributed by atoms with van der Waals surface area (Å²) >= 11 is 0. The number of carbonyl (C=O) groups excluding carboxylic acids is 2. The maximum atomic E-state index is 11.3. The summed E-state index contributed by atoms with van der Waals surface area (Å²) in [5.41, 5.74) is 1.82. The fraction of sp³-hybridized carbons (Fsp3) is 0.250. The lowest BCUT2D eigenvalue weighted by Crippen LogP contribution is -1.98. The van der Waals surface area contributed by atoms with Gasteiger partial charge in [0.25, 0.3) is 0 Å². The fourth-order valence-corrected chi connectivity index (χ4v) is 1.50. The third-order valence-electron chi connectivity index (χ3n) is 2.36. The van der Waals surface area contributed by atoms with Crippen molar-refractivity contribution < 1.29 is 19.1 Å². The first-order valence-electron chi connectivity index (χ1n) is 6.37. The molecule has 0 aliphatic rings. The Hall–Kier alpha value is -2.36. The van der Waals surface area contributed by atoms with E-state index in [1.165, 1.54) is 13.0 Å². The molecule has 4 heteroatoms. The molecule has 0 spiro atoms. The molecule has 0 aliphatic heterocycles. The summed E-state index contributed by atoms with van der Waals surface area (Å²) in [5, 5.41) is 0. The summed E-state index contributed by atoms with van der Waals surface area (Å²) in [6.45, 7) is 3.71. The van der Waals surface area contributed by atoms with Crippen LogP contribution in [0.3, 0.4) is 0 Å². The zero-order valence-electron chi connectivity index (χ0n) is 11.7. The Balaban J connectivity index is 2.72. The Labute approximate surface area is 118 Å². The van der Waals surface area contributed by atoms with Crippen LogP contribution in [-0.4, -0.2) is 25.2 Å². The predicted octanol–water partition coefficient (Wildman–Crippen LogP) is 2.84. The summed E-state index contributed by atoms with van der Waals surface area (Å²) in [6.07, 6.45) is 6.68. The van der Waals surface area contributed by atoms with Gasteiger partial charge in [-0.25, -0.2) is 4.79 Å². The molecule has 1 aromatic carbocycles. The Bertz CT molecular complexity index is 515. The van der Waals surface area contributed by atoms with Gasteiger partial charge in [0.2, 0.25) is 0 Å². The van der Waals surface area contributed by atoms with Gasteiger partial charge in [0.15, 0.2) is 0 Å². The van der Waals surface area contributed by atoms with Crippen molar-refractivity contribution in [1.82, 2.24) is 0 Å². The first-order valence-corrected chi connectivity index (χ1v) is 6.37. The first-order chi connectivity index (χ1) is 9.63. The van der Waals surface area contributed by atoms with Crippen LogP contribution in [0.15, 0.2) is 36.4 Å². The van der Waals surface area contributed by atoms with Crippen LogP contribution < -0.4 is 0 Å². The van der Waals surface area contributed by atoms with E-state index < -0.39 is 0 Å². The van der Waals surface area contributed by atoms with Crippen molar-refractivity contribution in [3.8, 4) is 0 Å². The molecule has 0 N–H and O–H groups in total. The lowest BCUT2D eigenvalue weighted by Gasteiger charge is -2.01. The van der Waals surface area contributed by atoms with Gasteiger partial charge >= 0.3 is 11.9 Å². The number of esters is 2. The maximum absolute atomic E-state index is 11.3. The highest BCUT2D eigenvalue weighted by Gasteiger charge is 1.97. The van der Waals surface area contributed by atoms with Gasteiger partial charge in [0.05, 0.1) is 6.61 Å². The SMILES string of the molecule is CCOC(=O)/C=C/c1ccccc1/C=C/COC(C)=O. The van der Waals surface area contributed by atoms with E-state index in [0.717, 1.165) is 11.1 Å². The average Bonchev–Trinajstić information content (AvgIpc) is 2.42. The van der Waals surface area contributed by atoms with Crippen molar-refractivity contribution in [2.45, 2.75) is 13.8 Å². The first kappa shape index (κ1) is 15.7. The summed E-state index contributed by atoms with van der Waals surface area (Å²) in [4.78, 5) is 21.9. The lowest BCUT2D eigenvalue weighted by atomic mass is 10.1. The molecule has 0 aliphatic carbocycles. The van der Waals surface area contributed by atoms with E-state index in [1.54, 1.807) is 19.1 Å². The van der Waals surface area contributed by atoms with Gasteiger partial charge < -0.3 is 9.47 Å². The molecule has 0 bridgehead atoms. The molecule has 1 rings (SSSR count). The van der Waals surface area contributed by atoms with Crippen LogP contribution in [0.5, 0.6) is 0 Å². The van der Waals surface area contributed by atoms with Gasteiger partial charge in [-0.2, -0.15) is 0 Å². The van der Waals surface area contributed by atoms with Crippen LogP contribution in [-0.2, 0) is 19.1 Å². The summed E-state index contributed by atoms with van der Waals surface area (Å²) in [5.74, 6) is -0.684. The zero-order chi connectivity index (χ0) is 14.8. The predicted molar refractivity (Wildman–Crippen MR) is 77.8 cm³/mol. The third kappa shape index (κ3) is 6.00. The number of benzene rings is 1. The quantitative estimate of drug-likeness (QED) is 0.591. The standard InChI is InChI=1S/C16H18O4/c1-3-19-16(18)11-10-15-8-5-4-7-14(15)9-6-12-20-13(2)17/h4-11H,3,12H2,1-2H3/b9-6+,11-10+. The minimum Gasteiger partial charge on any atom is -0.463 e. The number of hydrogen-bond acceptors (Lipinski definition) is 4. The Morgan fingerprint density at radius 3 is 2.35 bits per heavy atom. The highest BCUT2D eigenvalue weighted by atomic mass is 16.5. The molecular formula is C16H18O4. The van der Waals surface area contributed by atoms with E-state index >= 15 is 0 Å². The van der Waals surface area contributed by atoms with Crippen LogP contribution >= 0.6 is 0 Å². The highest BCUT2D eigenvalue weighted by Crippen LogP contribution is 2.12. The Morgan fingerprint density at radius 1 is 1.10 bits per heavy atom. The summed E-state index contributed by atoms with van der Waals surface area (Å²) in [7, 11) is 0. The van der Waals surface area contributed by atoms with Crippen molar-refractivity contribution in [3.05, 3.63) is 47.5 Å². The van der Waals surface area contributed by atoms with Crippen LogP contribution in [0.4, 0.5) is 0 Å². The van der Waals surface area contributed by atoms with E-state index in [1.807, 2.05) is 30.3 Å². The Morgan fingerprint density at radius 2 is 1.75 bits per heavy atom. The molecule has 0 heterocycles. The van der Waals surface area contributed by atoms with Crippen molar-refractivity contribution in [2.75, 3.05) is 13.2 Å². The highest BCUT2D eigenvalue weighted by molar-refractivity contribution is 5.87. The van der Waals surface area contributed by atoms with Crippen LogP contribution in [0.25, 0.3) is 12.2 Å². The van der Waals surface area contributed by atoms with Crippen molar-refractivity contribution in [2.24, 2.45) is 0 Å². The number of ether oxygens (including phenoxy) is 2. The van der Waals surface area contributed by atoms with Gasteiger partial charge in [-0.15, -0.1) is 0 Å². The van der Waals surface area contributed by atoms with Crippen LogP contribution in [0, 0.1) is 0 Å². The largest absolute Gasteiger partial charge is 0.463 e. The number of rotatable bonds is 6. The topological polar surface area (TPSA) is 52.6 Å². The lowest BCUT2D eigenvalue weighted by molar-refractivity contribution is -0.140. The second-order valence-corrected chi connectivity index (χ2v) is 3.92. The molecule has 1 aromatic rings. The van der Waals surface area contributed by atoms with Crippen LogP contribution in [0.1, 0.15) is 25.0 Å². The van der Waals surface area contributed by atoms with Crippen LogP contribution in [0.2, 0.25) is 0 Å². The molecule has 0 fully saturated rings. The van der Waals surface area contributed by atoms with Gasteiger partial charge in [0.1, 0.15) is 6.61 Å². The molecule has 0 radical (unpaired) electrons. The van der Waals surface area contributed by atoms with E-state index in [9.17, 15) is 9.59 Å². The summed E-state index contributed by atoms with van der Waals surface area (Å²) < 4.78 is 9.64. The van der Waals surface area contributed by atoms with E-state index in [4.69, 9.17) is 9.47 Å². The normalized spacial score (nSPS) is 10.9. The van der Waals surface area contributed by atoms with E-state index in [0.29, 0.717) is 6.61 Å². The summed E-state index contributed by atoms with van der Waals surface area (Å²) in [6, 6.07) is 7.58. The Kier molecular flexibility index (Phi) is 6.82. The second kappa shape index (κ2) is 8.69. The maximum Gasteiger partial charge on any atom is 0.330 e.